The van der Waals surface area contributed by atoms with Gasteiger partial charge in [-0.15, -0.1) is 0 Å². The molecule has 2 bridgehead atoms. The summed E-state index contributed by atoms with van der Waals surface area (Å²) in [7, 11) is 3.16. The molecule has 41 heavy (non-hydrogen) atoms. The van der Waals surface area contributed by atoms with E-state index in [4.69, 9.17) is 18.9 Å². The van der Waals surface area contributed by atoms with E-state index in [0.29, 0.717) is 18.0 Å². The van der Waals surface area contributed by atoms with Crippen LogP contribution in [0.4, 0.5) is 4.39 Å². The molecule has 3 aromatic carbocycles. The first-order valence-electron chi connectivity index (χ1n) is 13.8. The molecule has 3 heterocycles. The molecule has 3 saturated heterocycles. The van der Waals surface area contributed by atoms with Crippen molar-refractivity contribution < 1.29 is 32.9 Å². The number of nitrogens with one attached hydrogen (secondary N) is 1. The van der Waals surface area contributed by atoms with E-state index in [0.717, 1.165) is 56.1 Å². The molecule has 216 valence electrons. The predicted octanol–water partition coefficient (Wildman–Crippen LogP) is 4.79. The van der Waals surface area contributed by atoms with Gasteiger partial charge in [-0.05, 0) is 91.8 Å². The molecule has 0 aromatic heterocycles. The highest BCUT2D eigenvalue weighted by Crippen LogP contribution is 2.39. The van der Waals surface area contributed by atoms with Gasteiger partial charge in [0.25, 0.3) is 5.91 Å². The van der Waals surface area contributed by atoms with Gasteiger partial charge in [0.15, 0.2) is 17.3 Å². The summed E-state index contributed by atoms with van der Waals surface area (Å²) in [6.45, 7) is 3.64. The second kappa shape index (κ2) is 12.6. The van der Waals surface area contributed by atoms with Crippen LogP contribution in [0.15, 0.2) is 60.7 Å². The molecule has 0 aliphatic carbocycles. The van der Waals surface area contributed by atoms with Gasteiger partial charge in [-0.3, -0.25) is 9.59 Å². The number of nitrogens with zero attached hydrogens (tertiary/aromatic N) is 1. The Balaban J connectivity index is 1.32. The van der Waals surface area contributed by atoms with Crippen molar-refractivity contribution in [2.45, 2.75) is 32.5 Å². The third kappa shape index (κ3) is 6.79. The average Bonchev–Trinajstić information content (AvgIpc) is 3.03. The molecule has 1 N–H and O–H groups in total. The number of ketones is 1. The van der Waals surface area contributed by atoms with Crippen molar-refractivity contribution in [3.8, 4) is 23.0 Å². The van der Waals surface area contributed by atoms with Crippen molar-refractivity contribution in [1.29, 1.82) is 0 Å². The lowest BCUT2D eigenvalue weighted by molar-refractivity contribution is -0.118. The Morgan fingerprint density at radius 2 is 1.37 bits per heavy atom. The van der Waals surface area contributed by atoms with E-state index < -0.39 is 17.5 Å². The summed E-state index contributed by atoms with van der Waals surface area (Å²) in [5.74, 6) is -1.08. The number of amides is 1. The molecule has 0 spiro atoms. The summed E-state index contributed by atoms with van der Waals surface area (Å²) in [6, 6.07) is 16.8. The van der Waals surface area contributed by atoms with Crippen molar-refractivity contribution in [2.24, 2.45) is 5.41 Å². The van der Waals surface area contributed by atoms with Crippen molar-refractivity contribution >= 4 is 11.7 Å². The topological polar surface area (TPSA) is 86.3 Å². The van der Waals surface area contributed by atoms with Gasteiger partial charge in [-0.2, -0.15) is 0 Å². The molecule has 0 radical (unpaired) electrons. The normalized spacial score (nSPS) is 19.3. The van der Waals surface area contributed by atoms with Gasteiger partial charge < -0.3 is 29.2 Å². The Labute approximate surface area is 239 Å². The number of Topliss-reactive ketones (excluding diaryl/α,β-unsaturated/α-hetero) is 1. The van der Waals surface area contributed by atoms with Crippen LogP contribution in [-0.2, 0) is 18.0 Å². The molecule has 3 aromatic rings. The summed E-state index contributed by atoms with van der Waals surface area (Å²) in [6.07, 6.45) is 3.00. The van der Waals surface area contributed by atoms with Crippen LogP contribution in [0.1, 0.15) is 40.7 Å². The highest BCUT2D eigenvalue weighted by Gasteiger charge is 2.39. The first-order chi connectivity index (χ1) is 19.9. The number of carbonyl (C=O) groups excluding carboxylic acids is 2. The Bertz CT molecular complexity index is 1350. The highest BCUT2D eigenvalue weighted by atomic mass is 19.1. The molecule has 0 atom stereocenters. The zero-order valence-corrected chi connectivity index (χ0v) is 23.4. The van der Waals surface area contributed by atoms with Crippen molar-refractivity contribution in [2.75, 3.05) is 40.4 Å². The molecule has 3 aliphatic heterocycles. The Morgan fingerprint density at radius 3 is 1.90 bits per heavy atom. The molecule has 8 nitrogen and oxygen atoms in total. The molecule has 0 unspecified atom stereocenters. The van der Waals surface area contributed by atoms with E-state index in [1.165, 1.54) is 6.07 Å². The minimum Gasteiger partial charge on any atom is -0.497 e. The van der Waals surface area contributed by atoms with Crippen molar-refractivity contribution in [1.82, 2.24) is 10.2 Å². The predicted molar refractivity (Wildman–Crippen MR) is 151 cm³/mol. The molecule has 6 rings (SSSR count). The van der Waals surface area contributed by atoms with Crippen LogP contribution in [-0.4, -0.2) is 57.0 Å². The maximum atomic E-state index is 15.4. The standard InChI is InChI=1S/C32H35FN2O6/c1-38-25-7-3-22(4-8-25)19-40-28-18-24(17-27(33)30(28)41-20-23-5-9-26(39-2)10-6-23)29(36)31(37)34-21-32-11-14-35(15-12-32)16-13-32/h3-10,17-18H,11-16,19-21H2,1-2H3,(H,34,37). The molecule has 1 amide bonds. The number of hydrogen-bond donors (Lipinski definition) is 1. The lowest BCUT2D eigenvalue weighted by Gasteiger charge is -2.48. The quantitative estimate of drug-likeness (QED) is 0.251. The summed E-state index contributed by atoms with van der Waals surface area (Å²) < 4.78 is 37.6. The van der Waals surface area contributed by atoms with Crippen LogP contribution in [0, 0.1) is 11.2 Å². The summed E-state index contributed by atoms with van der Waals surface area (Å²) in [4.78, 5) is 28.4. The van der Waals surface area contributed by atoms with Crippen LogP contribution in [0.25, 0.3) is 0 Å². The number of ether oxygens (including phenoxy) is 4. The molecule has 3 aliphatic rings. The van der Waals surface area contributed by atoms with Gasteiger partial charge in [-0.1, -0.05) is 24.3 Å². The van der Waals surface area contributed by atoms with Crippen molar-refractivity contribution in [3.63, 3.8) is 0 Å². The van der Waals surface area contributed by atoms with Gasteiger partial charge in [0, 0.05) is 12.1 Å². The smallest absolute Gasteiger partial charge is 0.292 e. The molecular weight excluding hydrogens is 527 g/mol. The van der Waals surface area contributed by atoms with E-state index in [9.17, 15) is 9.59 Å². The first kappa shape index (κ1) is 28.4. The van der Waals surface area contributed by atoms with Crippen molar-refractivity contribution in [3.05, 3.63) is 83.2 Å². The zero-order chi connectivity index (χ0) is 28.8. The number of fused-ring (bicyclic) bond motifs is 3. The third-order valence-electron chi connectivity index (χ3n) is 8.07. The lowest BCUT2D eigenvalue weighted by atomic mass is 9.72. The SMILES string of the molecule is COc1ccc(COc2cc(C(=O)C(=O)NCC34CCN(CC3)CC4)cc(F)c2OCc2ccc(OC)cc2)cc1. The van der Waals surface area contributed by atoms with E-state index in [1.807, 2.05) is 24.3 Å². The van der Waals surface area contributed by atoms with E-state index in [2.05, 4.69) is 10.2 Å². The van der Waals surface area contributed by atoms with Gasteiger partial charge in [0.1, 0.15) is 24.7 Å². The maximum absolute atomic E-state index is 15.4. The number of hydrogen-bond acceptors (Lipinski definition) is 7. The number of rotatable bonds is 12. The number of benzene rings is 3. The Hall–Kier alpha value is -4.11. The number of piperidine rings is 3. The second-order valence-corrected chi connectivity index (χ2v) is 10.7. The minimum absolute atomic E-state index is 0.0295. The first-order valence-corrected chi connectivity index (χ1v) is 13.8. The lowest BCUT2D eigenvalue weighted by Crippen LogP contribution is -2.53. The van der Waals surface area contributed by atoms with Crippen LogP contribution in [0.3, 0.4) is 0 Å². The second-order valence-electron chi connectivity index (χ2n) is 10.7. The summed E-state index contributed by atoms with van der Waals surface area (Å²) in [5, 5.41) is 2.82. The van der Waals surface area contributed by atoms with E-state index in [1.54, 1.807) is 38.5 Å². The molecule has 9 heteroatoms. The fraction of sp³-hybridized carbons (Fsp3) is 0.375. The number of carbonyl (C=O) groups is 2. The minimum atomic E-state index is -0.815. The van der Waals surface area contributed by atoms with Gasteiger partial charge in [0.05, 0.1) is 14.2 Å². The number of halogens is 1. The van der Waals surface area contributed by atoms with Gasteiger partial charge >= 0.3 is 0 Å². The molecule has 3 fully saturated rings. The average molecular weight is 563 g/mol. The van der Waals surface area contributed by atoms with Crippen LogP contribution < -0.4 is 24.3 Å². The third-order valence-corrected chi connectivity index (χ3v) is 8.07. The van der Waals surface area contributed by atoms with Gasteiger partial charge in [-0.25, -0.2) is 4.39 Å². The molecule has 0 saturated carbocycles. The van der Waals surface area contributed by atoms with E-state index in [-0.39, 0.29) is 35.7 Å². The Morgan fingerprint density at radius 1 is 0.829 bits per heavy atom. The van der Waals surface area contributed by atoms with Crippen LogP contribution in [0.2, 0.25) is 0 Å². The number of methoxy groups -OCH3 is 2. The molecular formula is C32H35FN2O6. The summed E-state index contributed by atoms with van der Waals surface area (Å²) >= 11 is 0. The largest absolute Gasteiger partial charge is 0.497 e. The fourth-order valence-corrected chi connectivity index (χ4v) is 5.35. The van der Waals surface area contributed by atoms with Crippen LogP contribution in [0.5, 0.6) is 23.0 Å². The van der Waals surface area contributed by atoms with E-state index >= 15 is 4.39 Å². The summed E-state index contributed by atoms with van der Waals surface area (Å²) in [5.41, 5.74) is 1.53. The monoisotopic (exact) mass is 562 g/mol. The fourth-order valence-electron chi connectivity index (χ4n) is 5.35. The van der Waals surface area contributed by atoms with Crippen LogP contribution >= 0.6 is 0 Å². The zero-order valence-electron chi connectivity index (χ0n) is 23.4. The Kier molecular flexibility index (Phi) is 8.73. The maximum Gasteiger partial charge on any atom is 0.292 e. The van der Waals surface area contributed by atoms with Gasteiger partial charge in [0.2, 0.25) is 5.78 Å². The highest BCUT2D eigenvalue weighted by molar-refractivity contribution is 6.42.